The van der Waals surface area contributed by atoms with E-state index in [1.807, 2.05) is 36.6 Å². The molecule has 0 aromatic heterocycles. The van der Waals surface area contributed by atoms with E-state index >= 15 is 0 Å². The molecular formula is C24H37N3O6S. The monoisotopic (exact) mass is 495 g/mol. The van der Waals surface area contributed by atoms with E-state index in [1.54, 1.807) is 20.8 Å². The van der Waals surface area contributed by atoms with Gasteiger partial charge >= 0.3 is 12.1 Å². The number of carbonyl (C=O) groups is 4. The molecule has 34 heavy (non-hydrogen) atoms. The van der Waals surface area contributed by atoms with Crippen molar-refractivity contribution >= 4 is 35.6 Å². The second kappa shape index (κ2) is 13.2. The van der Waals surface area contributed by atoms with Crippen LogP contribution in [0.1, 0.15) is 46.6 Å². The summed E-state index contributed by atoms with van der Waals surface area (Å²) in [6.07, 6.45) is 1.76. The molecule has 1 rings (SSSR count). The molecular weight excluding hydrogens is 458 g/mol. The molecule has 0 radical (unpaired) electrons. The van der Waals surface area contributed by atoms with E-state index in [4.69, 9.17) is 9.47 Å². The highest BCUT2D eigenvalue weighted by Crippen LogP contribution is 2.11. The molecule has 0 fully saturated rings. The highest BCUT2D eigenvalue weighted by atomic mass is 32.2. The van der Waals surface area contributed by atoms with Gasteiger partial charge in [0.25, 0.3) is 0 Å². The van der Waals surface area contributed by atoms with E-state index in [0.717, 1.165) is 5.56 Å². The number of esters is 1. The predicted octanol–water partition coefficient (Wildman–Crippen LogP) is 2.43. The molecule has 1 aromatic rings. The third-order valence-electron chi connectivity index (χ3n) is 4.70. The molecule has 0 aliphatic rings. The molecule has 0 bridgehead atoms. The average molecular weight is 496 g/mol. The van der Waals surface area contributed by atoms with Crippen molar-refractivity contribution in [1.29, 1.82) is 0 Å². The lowest BCUT2D eigenvalue weighted by Gasteiger charge is -2.30. The van der Waals surface area contributed by atoms with Gasteiger partial charge in [-0.1, -0.05) is 30.3 Å². The van der Waals surface area contributed by atoms with E-state index in [2.05, 4.69) is 16.0 Å². The highest BCUT2D eigenvalue weighted by molar-refractivity contribution is 7.98. The fraction of sp³-hybridized carbons (Fsp3) is 0.583. The van der Waals surface area contributed by atoms with Gasteiger partial charge in [0.2, 0.25) is 11.8 Å². The number of carbonyl (C=O) groups excluding carboxylic acids is 4. The maximum absolute atomic E-state index is 13.0. The second-order valence-electron chi connectivity index (χ2n) is 9.33. The van der Waals surface area contributed by atoms with Crippen molar-refractivity contribution in [2.75, 3.05) is 19.1 Å². The number of ether oxygens (including phenoxy) is 2. The quantitative estimate of drug-likeness (QED) is 0.403. The Bertz CT molecular complexity index is 839. The van der Waals surface area contributed by atoms with Gasteiger partial charge in [0, 0.05) is 6.42 Å². The topological polar surface area (TPSA) is 123 Å². The van der Waals surface area contributed by atoms with E-state index in [-0.39, 0.29) is 6.42 Å². The highest BCUT2D eigenvalue weighted by Gasteiger charge is 2.35. The summed E-state index contributed by atoms with van der Waals surface area (Å²) in [5.74, 6) is -1.07. The molecule has 0 spiro atoms. The first-order valence-corrected chi connectivity index (χ1v) is 12.4. The van der Waals surface area contributed by atoms with Gasteiger partial charge < -0.3 is 25.4 Å². The maximum atomic E-state index is 13.0. The van der Waals surface area contributed by atoms with Gasteiger partial charge in [0.15, 0.2) is 0 Å². The van der Waals surface area contributed by atoms with Crippen molar-refractivity contribution in [3.8, 4) is 0 Å². The van der Waals surface area contributed by atoms with Crippen LogP contribution in [0, 0.1) is 0 Å². The Morgan fingerprint density at radius 2 is 1.59 bits per heavy atom. The Morgan fingerprint density at radius 1 is 0.971 bits per heavy atom. The van der Waals surface area contributed by atoms with Gasteiger partial charge in [-0.2, -0.15) is 11.8 Å². The molecule has 190 valence electrons. The van der Waals surface area contributed by atoms with Gasteiger partial charge in [-0.05, 0) is 58.6 Å². The number of methoxy groups -OCH3 is 1. The number of hydrogen-bond acceptors (Lipinski definition) is 7. The van der Waals surface area contributed by atoms with Gasteiger partial charge in [0.1, 0.15) is 23.2 Å². The molecule has 0 heterocycles. The van der Waals surface area contributed by atoms with Crippen LogP contribution in [0.2, 0.25) is 0 Å². The summed E-state index contributed by atoms with van der Waals surface area (Å²) in [7, 11) is 1.25. The number of benzene rings is 1. The first-order valence-electron chi connectivity index (χ1n) is 11.0. The van der Waals surface area contributed by atoms with Crippen LogP contribution in [0.25, 0.3) is 0 Å². The van der Waals surface area contributed by atoms with Gasteiger partial charge in [0.05, 0.1) is 7.11 Å². The van der Waals surface area contributed by atoms with Gasteiger partial charge in [-0.15, -0.1) is 0 Å². The van der Waals surface area contributed by atoms with Crippen molar-refractivity contribution in [2.45, 2.75) is 70.7 Å². The number of hydrogen-bond donors (Lipinski definition) is 3. The lowest BCUT2D eigenvalue weighted by Crippen LogP contribution is -2.61. The average Bonchev–Trinajstić information content (AvgIpc) is 2.74. The molecule has 10 heteroatoms. The van der Waals surface area contributed by atoms with E-state index in [0.29, 0.717) is 12.2 Å². The molecule has 3 N–H and O–H groups in total. The maximum Gasteiger partial charge on any atom is 0.408 e. The number of amides is 3. The van der Waals surface area contributed by atoms with Crippen LogP contribution in [-0.4, -0.2) is 66.2 Å². The lowest BCUT2D eigenvalue weighted by atomic mass is 10.0. The van der Waals surface area contributed by atoms with Crippen molar-refractivity contribution in [2.24, 2.45) is 0 Å². The predicted molar refractivity (Wildman–Crippen MR) is 132 cm³/mol. The largest absolute Gasteiger partial charge is 0.467 e. The summed E-state index contributed by atoms with van der Waals surface area (Å²) in [6, 6.07) is 7.39. The normalized spacial score (nSPS) is 13.3. The van der Waals surface area contributed by atoms with Gasteiger partial charge in [-0.3, -0.25) is 9.59 Å². The summed E-state index contributed by atoms with van der Waals surface area (Å²) in [6.45, 7) is 8.23. The summed E-state index contributed by atoms with van der Waals surface area (Å²) in [5.41, 5.74) is -1.24. The lowest BCUT2D eigenvalue weighted by molar-refractivity contribution is -0.146. The molecule has 0 saturated carbocycles. The van der Waals surface area contributed by atoms with Crippen LogP contribution in [0.5, 0.6) is 0 Å². The van der Waals surface area contributed by atoms with E-state index in [9.17, 15) is 19.2 Å². The first-order chi connectivity index (χ1) is 15.8. The standard InChI is InChI=1S/C24H37N3O6S/c1-23(2,3)33-22(31)26-17(13-14-34-7)19(28)27-24(4,5)21(30)25-18(20(29)32-6)15-16-11-9-8-10-12-16/h8-12,17-18H,13-15H2,1-7H3,(H,25,30)(H,26,31)(H,27,28)/t17-,18-/m0/s1. The van der Waals surface area contributed by atoms with Crippen molar-refractivity contribution < 1.29 is 28.7 Å². The summed E-state index contributed by atoms with van der Waals surface area (Å²) < 4.78 is 10.1. The fourth-order valence-electron chi connectivity index (χ4n) is 2.93. The minimum atomic E-state index is -1.37. The third-order valence-corrected chi connectivity index (χ3v) is 5.34. The zero-order valence-electron chi connectivity index (χ0n) is 21.0. The SMILES string of the molecule is COC(=O)[C@H](Cc1ccccc1)NC(=O)C(C)(C)NC(=O)[C@H](CCSC)NC(=O)OC(C)(C)C. The van der Waals surface area contributed by atoms with Crippen molar-refractivity contribution in [3.05, 3.63) is 35.9 Å². The first kappa shape index (κ1) is 29.3. The van der Waals surface area contributed by atoms with Gasteiger partial charge in [-0.25, -0.2) is 9.59 Å². The molecule has 3 amide bonds. The molecule has 0 aliphatic heterocycles. The van der Waals surface area contributed by atoms with Crippen LogP contribution >= 0.6 is 11.8 Å². The summed E-state index contributed by atoms with van der Waals surface area (Å²) >= 11 is 1.52. The number of nitrogens with one attached hydrogen (secondary N) is 3. The van der Waals surface area contributed by atoms with Crippen molar-refractivity contribution in [3.63, 3.8) is 0 Å². The Labute approximate surface area is 206 Å². The zero-order chi connectivity index (χ0) is 25.9. The minimum Gasteiger partial charge on any atom is -0.467 e. The van der Waals surface area contributed by atoms with Crippen LogP contribution in [0.4, 0.5) is 4.79 Å². The smallest absolute Gasteiger partial charge is 0.408 e. The van der Waals surface area contributed by atoms with E-state index in [1.165, 1.54) is 32.7 Å². The molecule has 0 saturated heterocycles. The third kappa shape index (κ3) is 10.5. The fourth-order valence-corrected chi connectivity index (χ4v) is 3.40. The Kier molecular flexibility index (Phi) is 11.4. The van der Waals surface area contributed by atoms with Crippen LogP contribution < -0.4 is 16.0 Å². The summed E-state index contributed by atoms with van der Waals surface area (Å²) in [4.78, 5) is 50.5. The molecule has 0 unspecified atom stereocenters. The second-order valence-corrected chi connectivity index (χ2v) is 10.3. The number of thioether (sulfide) groups is 1. The molecule has 9 nitrogen and oxygen atoms in total. The van der Waals surface area contributed by atoms with Crippen molar-refractivity contribution in [1.82, 2.24) is 16.0 Å². The minimum absolute atomic E-state index is 0.236. The summed E-state index contributed by atoms with van der Waals surface area (Å²) in [5, 5.41) is 7.93. The molecule has 1 aromatic carbocycles. The molecule has 2 atom stereocenters. The Morgan fingerprint density at radius 3 is 2.12 bits per heavy atom. The van der Waals surface area contributed by atoms with Crippen LogP contribution in [0.3, 0.4) is 0 Å². The van der Waals surface area contributed by atoms with E-state index < -0.39 is 47.1 Å². The Balaban J connectivity index is 2.90. The zero-order valence-corrected chi connectivity index (χ0v) is 21.8. The number of alkyl carbamates (subject to hydrolysis) is 1. The molecule has 0 aliphatic carbocycles. The number of rotatable bonds is 11. The van der Waals surface area contributed by atoms with Crippen LogP contribution in [-0.2, 0) is 30.3 Å². The Hall–Kier alpha value is -2.75. The van der Waals surface area contributed by atoms with Crippen LogP contribution in [0.15, 0.2) is 30.3 Å².